The minimum absolute atomic E-state index is 0.352. The summed E-state index contributed by atoms with van der Waals surface area (Å²) in [5.74, 6) is 0.792. The molecule has 78 valence electrons. The Balaban J connectivity index is 1.92. The van der Waals surface area contributed by atoms with Gasteiger partial charge < -0.3 is 0 Å². The van der Waals surface area contributed by atoms with Gasteiger partial charge in [0.1, 0.15) is 5.78 Å². The maximum absolute atomic E-state index is 11.9. The highest BCUT2D eigenvalue weighted by Gasteiger charge is 2.37. The van der Waals surface area contributed by atoms with Crippen LogP contribution in [0.15, 0.2) is 12.2 Å². The molecule has 0 aromatic heterocycles. The van der Waals surface area contributed by atoms with E-state index < -0.39 is 0 Å². The summed E-state index contributed by atoms with van der Waals surface area (Å²) in [6.45, 7) is 5.77. The quantitative estimate of drug-likeness (QED) is 0.665. The normalized spacial score (nSPS) is 35.6. The number of carbonyl (C=O) groups is 1. The van der Waals surface area contributed by atoms with Crippen molar-refractivity contribution in [1.82, 2.24) is 0 Å². The van der Waals surface area contributed by atoms with Gasteiger partial charge in [0.2, 0.25) is 0 Å². The molecular weight excluding hydrogens is 192 g/mol. The number of rotatable bonds is 3. The molecule has 2 unspecified atom stereocenters. The molecule has 0 spiro atoms. The average molecular weight is 210 g/mol. The van der Waals surface area contributed by atoms with E-state index in [1.165, 1.54) is 12.8 Å². The first-order valence-electron chi connectivity index (χ1n) is 5.47. The Bertz CT molecular complexity index is 247. The van der Waals surface area contributed by atoms with Crippen molar-refractivity contribution in [2.24, 2.45) is 5.92 Å². The third kappa shape index (κ3) is 2.22. The molecule has 1 nitrogen and oxygen atoms in total. The lowest BCUT2D eigenvalue weighted by Gasteiger charge is -2.26. The fourth-order valence-electron chi connectivity index (χ4n) is 2.56. The minimum atomic E-state index is 0.352. The molecule has 2 bridgehead atoms. The Morgan fingerprint density at radius 1 is 1.36 bits per heavy atom. The lowest BCUT2D eigenvalue weighted by atomic mass is 9.91. The topological polar surface area (TPSA) is 17.1 Å². The van der Waals surface area contributed by atoms with Crippen LogP contribution in [-0.4, -0.2) is 16.3 Å². The Labute approximate surface area is 90.3 Å². The second-order valence-electron chi connectivity index (χ2n) is 4.73. The van der Waals surface area contributed by atoms with Crippen LogP contribution in [0.2, 0.25) is 0 Å². The van der Waals surface area contributed by atoms with Crippen LogP contribution in [0.25, 0.3) is 0 Å². The SMILES string of the molecule is C=C(C)CC(=O)C1CC2CCC(C1)S2. The number of hydrogen-bond acceptors (Lipinski definition) is 2. The number of allylic oxidation sites excluding steroid dienone is 1. The van der Waals surface area contributed by atoms with Crippen molar-refractivity contribution < 1.29 is 4.79 Å². The summed E-state index contributed by atoms with van der Waals surface area (Å²) in [6.07, 6.45) is 5.55. The molecule has 14 heavy (non-hydrogen) atoms. The van der Waals surface area contributed by atoms with Gasteiger partial charge in [0, 0.05) is 22.8 Å². The predicted molar refractivity (Wildman–Crippen MR) is 61.6 cm³/mol. The molecule has 2 heterocycles. The van der Waals surface area contributed by atoms with E-state index >= 15 is 0 Å². The van der Waals surface area contributed by atoms with E-state index in [-0.39, 0.29) is 0 Å². The van der Waals surface area contributed by atoms with Crippen molar-refractivity contribution in [3.05, 3.63) is 12.2 Å². The van der Waals surface area contributed by atoms with Gasteiger partial charge in [-0.05, 0) is 32.6 Å². The Morgan fingerprint density at radius 2 is 1.93 bits per heavy atom. The predicted octanol–water partition coefficient (Wildman–Crippen LogP) is 3.20. The first-order chi connectivity index (χ1) is 6.65. The lowest BCUT2D eigenvalue weighted by Crippen LogP contribution is -2.24. The number of thioether (sulfide) groups is 1. The number of hydrogen-bond donors (Lipinski definition) is 0. The zero-order valence-electron chi connectivity index (χ0n) is 8.79. The first kappa shape index (κ1) is 10.3. The first-order valence-corrected chi connectivity index (χ1v) is 6.42. The molecule has 0 saturated carbocycles. The summed E-state index contributed by atoms with van der Waals surface area (Å²) < 4.78 is 0. The van der Waals surface area contributed by atoms with E-state index in [2.05, 4.69) is 18.3 Å². The van der Waals surface area contributed by atoms with Gasteiger partial charge in [0.25, 0.3) is 0 Å². The van der Waals surface area contributed by atoms with E-state index in [4.69, 9.17) is 0 Å². The zero-order valence-corrected chi connectivity index (χ0v) is 9.61. The summed E-state index contributed by atoms with van der Waals surface area (Å²) >= 11 is 2.12. The van der Waals surface area contributed by atoms with Gasteiger partial charge in [-0.15, -0.1) is 0 Å². The summed E-state index contributed by atoms with van der Waals surface area (Å²) in [7, 11) is 0. The molecule has 2 saturated heterocycles. The van der Waals surface area contributed by atoms with Crippen LogP contribution in [0.1, 0.15) is 39.0 Å². The average Bonchev–Trinajstić information content (AvgIpc) is 2.44. The highest BCUT2D eigenvalue weighted by molar-refractivity contribution is 8.00. The molecule has 0 aliphatic carbocycles. The maximum atomic E-state index is 11.9. The fourth-order valence-corrected chi connectivity index (χ4v) is 4.34. The van der Waals surface area contributed by atoms with Gasteiger partial charge in [-0.2, -0.15) is 11.8 Å². The van der Waals surface area contributed by atoms with Crippen LogP contribution >= 0.6 is 11.8 Å². The fraction of sp³-hybridized carbons (Fsp3) is 0.750. The second-order valence-corrected chi connectivity index (χ2v) is 6.33. The standard InChI is InChI=1S/C12H18OS/c1-8(2)5-12(13)9-6-10-3-4-11(7-9)14-10/h9-11H,1,3-7H2,2H3. The molecule has 2 rings (SSSR count). The molecule has 0 N–H and O–H groups in total. The number of ketones is 1. The van der Waals surface area contributed by atoms with Crippen LogP contribution in [-0.2, 0) is 4.79 Å². The molecular formula is C12H18OS. The van der Waals surface area contributed by atoms with Crippen LogP contribution in [0.4, 0.5) is 0 Å². The Hall–Kier alpha value is -0.240. The molecule has 2 atom stereocenters. The van der Waals surface area contributed by atoms with Crippen LogP contribution in [0.5, 0.6) is 0 Å². The second kappa shape index (κ2) is 4.09. The molecule has 0 aromatic rings. The molecule has 2 aliphatic rings. The van der Waals surface area contributed by atoms with Crippen molar-refractivity contribution in [2.45, 2.75) is 49.5 Å². The third-order valence-electron chi connectivity index (χ3n) is 3.22. The van der Waals surface area contributed by atoms with E-state index in [0.29, 0.717) is 18.1 Å². The van der Waals surface area contributed by atoms with Gasteiger partial charge in [-0.1, -0.05) is 12.2 Å². The highest BCUT2D eigenvalue weighted by Crippen LogP contribution is 2.46. The zero-order chi connectivity index (χ0) is 10.1. The Kier molecular flexibility index (Phi) is 3.01. The third-order valence-corrected chi connectivity index (χ3v) is 4.85. The molecule has 0 radical (unpaired) electrons. The summed E-state index contributed by atoms with van der Waals surface area (Å²) in [4.78, 5) is 11.9. The molecule has 2 heteroatoms. The highest BCUT2D eigenvalue weighted by atomic mass is 32.2. The van der Waals surface area contributed by atoms with E-state index in [9.17, 15) is 4.79 Å². The van der Waals surface area contributed by atoms with Crippen LogP contribution in [0, 0.1) is 5.92 Å². The molecule has 2 aliphatic heterocycles. The van der Waals surface area contributed by atoms with Gasteiger partial charge in [0.15, 0.2) is 0 Å². The summed E-state index contributed by atoms with van der Waals surface area (Å²) in [5.41, 5.74) is 1.01. The maximum Gasteiger partial charge on any atom is 0.140 e. The van der Waals surface area contributed by atoms with Crippen LogP contribution in [0.3, 0.4) is 0 Å². The Morgan fingerprint density at radius 3 is 2.43 bits per heavy atom. The van der Waals surface area contributed by atoms with Crippen molar-refractivity contribution >= 4 is 17.5 Å². The van der Waals surface area contributed by atoms with E-state index in [1.807, 2.05) is 6.92 Å². The van der Waals surface area contributed by atoms with Gasteiger partial charge >= 0.3 is 0 Å². The van der Waals surface area contributed by atoms with Crippen molar-refractivity contribution in [2.75, 3.05) is 0 Å². The monoisotopic (exact) mass is 210 g/mol. The number of carbonyl (C=O) groups excluding carboxylic acids is 1. The smallest absolute Gasteiger partial charge is 0.140 e. The van der Waals surface area contributed by atoms with E-state index in [0.717, 1.165) is 28.9 Å². The molecule has 0 amide bonds. The molecule has 2 fully saturated rings. The van der Waals surface area contributed by atoms with Crippen LogP contribution < -0.4 is 0 Å². The van der Waals surface area contributed by atoms with Crippen molar-refractivity contribution in [3.63, 3.8) is 0 Å². The van der Waals surface area contributed by atoms with Gasteiger partial charge in [-0.25, -0.2) is 0 Å². The minimum Gasteiger partial charge on any atom is -0.299 e. The number of Topliss-reactive ketones (excluding diaryl/α,β-unsaturated/α-hetero) is 1. The molecule has 0 aromatic carbocycles. The van der Waals surface area contributed by atoms with Crippen molar-refractivity contribution in [3.8, 4) is 0 Å². The van der Waals surface area contributed by atoms with E-state index in [1.54, 1.807) is 0 Å². The summed E-state index contributed by atoms with van der Waals surface area (Å²) in [6, 6.07) is 0. The largest absolute Gasteiger partial charge is 0.299 e. The number of fused-ring (bicyclic) bond motifs is 2. The summed E-state index contributed by atoms with van der Waals surface area (Å²) in [5, 5.41) is 1.57. The van der Waals surface area contributed by atoms with Gasteiger partial charge in [-0.3, -0.25) is 4.79 Å². The lowest BCUT2D eigenvalue weighted by molar-refractivity contribution is -0.122. The van der Waals surface area contributed by atoms with Crippen molar-refractivity contribution in [1.29, 1.82) is 0 Å². The van der Waals surface area contributed by atoms with Gasteiger partial charge in [0.05, 0.1) is 0 Å².